The van der Waals surface area contributed by atoms with E-state index in [0.29, 0.717) is 18.6 Å². The molecule has 1 N–H and O–H groups in total. The zero-order valence-electron chi connectivity index (χ0n) is 19.1. The van der Waals surface area contributed by atoms with Crippen molar-refractivity contribution in [2.75, 3.05) is 0 Å². The molecule has 1 heterocycles. The third-order valence-electron chi connectivity index (χ3n) is 6.16. The molecule has 4 heteroatoms. The van der Waals surface area contributed by atoms with Crippen molar-refractivity contribution in [3.63, 3.8) is 0 Å². The van der Waals surface area contributed by atoms with Crippen molar-refractivity contribution in [1.29, 1.82) is 5.41 Å². The molecule has 1 atom stereocenters. The van der Waals surface area contributed by atoms with Crippen molar-refractivity contribution < 1.29 is 4.79 Å². The van der Waals surface area contributed by atoms with E-state index in [2.05, 4.69) is 83.6 Å². The molecule has 4 aromatic rings. The number of benzene rings is 3. The van der Waals surface area contributed by atoms with Crippen LogP contribution < -0.4 is 5.62 Å². The number of aromatic nitrogens is 2. The molecule has 0 saturated carbocycles. The minimum atomic E-state index is 0.0401. The summed E-state index contributed by atoms with van der Waals surface area (Å²) in [5, 5.41) is 9.12. The largest absolute Gasteiger partial charge is 0.307 e. The van der Waals surface area contributed by atoms with Crippen LogP contribution in [0.15, 0.2) is 72.8 Å². The van der Waals surface area contributed by atoms with Crippen LogP contribution in [-0.2, 0) is 17.8 Å². The van der Waals surface area contributed by atoms with Crippen molar-refractivity contribution in [3.05, 3.63) is 101 Å². The van der Waals surface area contributed by atoms with Gasteiger partial charge in [-0.1, -0.05) is 71.8 Å². The van der Waals surface area contributed by atoms with Crippen LogP contribution in [-0.4, -0.2) is 14.9 Å². The molecule has 0 bridgehead atoms. The number of carbonyl (C=O) groups excluding carboxylic acids is 1. The molecule has 1 aromatic heterocycles. The zero-order valence-corrected chi connectivity index (χ0v) is 19.1. The van der Waals surface area contributed by atoms with Gasteiger partial charge in [-0.2, -0.15) is 0 Å². The van der Waals surface area contributed by atoms with Crippen molar-refractivity contribution in [3.8, 4) is 0 Å². The predicted octanol–water partition coefficient (Wildman–Crippen LogP) is 5.74. The first-order valence-electron chi connectivity index (χ1n) is 11.3. The van der Waals surface area contributed by atoms with E-state index in [-0.39, 0.29) is 11.8 Å². The average Bonchev–Trinajstić information content (AvgIpc) is 3.05. The van der Waals surface area contributed by atoms with Gasteiger partial charge in [0.05, 0.1) is 17.6 Å². The lowest BCUT2D eigenvalue weighted by molar-refractivity contribution is -0.117. The second-order valence-corrected chi connectivity index (χ2v) is 8.84. The lowest BCUT2D eigenvalue weighted by atomic mass is 9.99. The normalized spacial score (nSPS) is 12.2. The molecule has 1 unspecified atom stereocenters. The highest BCUT2D eigenvalue weighted by atomic mass is 16.1. The SMILES string of the molecule is CC(=O)CCC(Cc1ccc(C)cc1)n1c(=N)n(Cc2ccc(C)cc2)c2ccccc21. The molecule has 164 valence electrons. The van der Waals surface area contributed by atoms with Crippen LogP contribution >= 0.6 is 0 Å². The highest BCUT2D eigenvalue weighted by Crippen LogP contribution is 2.25. The highest BCUT2D eigenvalue weighted by Gasteiger charge is 2.20. The summed E-state index contributed by atoms with van der Waals surface area (Å²) >= 11 is 0. The van der Waals surface area contributed by atoms with Crippen LogP contribution in [0.2, 0.25) is 0 Å². The Bertz CT molecular complexity index is 1280. The highest BCUT2D eigenvalue weighted by molar-refractivity contribution is 5.77. The molecule has 0 spiro atoms. The van der Waals surface area contributed by atoms with Gasteiger partial charge in [0.25, 0.3) is 0 Å². The molecule has 0 aliphatic heterocycles. The molecule has 4 rings (SSSR count). The smallest absolute Gasteiger partial charge is 0.203 e. The van der Waals surface area contributed by atoms with E-state index in [1.807, 2.05) is 12.1 Å². The molecule has 0 fully saturated rings. The van der Waals surface area contributed by atoms with Gasteiger partial charge in [-0.15, -0.1) is 0 Å². The topological polar surface area (TPSA) is 50.8 Å². The molecular weight excluding hydrogens is 394 g/mol. The van der Waals surface area contributed by atoms with Gasteiger partial charge in [0, 0.05) is 12.5 Å². The number of nitrogens with one attached hydrogen (secondary N) is 1. The van der Waals surface area contributed by atoms with E-state index in [1.54, 1.807) is 6.92 Å². The van der Waals surface area contributed by atoms with Gasteiger partial charge in [0.15, 0.2) is 0 Å². The zero-order chi connectivity index (χ0) is 22.7. The van der Waals surface area contributed by atoms with Crippen LogP contribution in [0.1, 0.15) is 48.1 Å². The van der Waals surface area contributed by atoms with E-state index >= 15 is 0 Å². The Morgan fingerprint density at radius 1 is 0.844 bits per heavy atom. The number of carbonyl (C=O) groups is 1. The Hall–Kier alpha value is -3.40. The quantitative estimate of drug-likeness (QED) is 0.384. The average molecular weight is 426 g/mol. The predicted molar refractivity (Wildman–Crippen MR) is 130 cm³/mol. The Labute approximate surface area is 189 Å². The van der Waals surface area contributed by atoms with Gasteiger partial charge in [-0.3, -0.25) is 5.41 Å². The Morgan fingerprint density at radius 3 is 2.00 bits per heavy atom. The monoisotopic (exact) mass is 425 g/mol. The number of rotatable bonds is 8. The number of ketones is 1. The fourth-order valence-electron chi connectivity index (χ4n) is 4.35. The van der Waals surface area contributed by atoms with Gasteiger partial charge in [-0.25, -0.2) is 0 Å². The third-order valence-corrected chi connectivity index (χ3v) is 6.16. The second-order valence-electron chi connectivity index (χ2n) is 8.84. The molecule has 0 aliphatic carbocycles. The minimum absolute atomic E-state index is 0.0401. The van der Waals surface area contributed by atoms with Crippen molar-refractivity contribution in [1.82, 2.24) is 9.13 Å². The summed E-state index contributed by atoms with van der Waals surface area (Å²) < 4.78 is 4.21. The molecule has 32 heavy (non-hydrogen) atoms. The molecule has 4 nitrogen and oxygen atoms in total. The molecule has 0 saturated heterocycles. The third kappa shape index (κ3) is 4.75. The van der Waals surface area contributed by atoms with E-state index in [0.717, 1.165) is 23.9 Å². The van der Waals surface area contributed by atoms with Crippen molar-refractivity contribution >= 4 is 16.8 Å². The van der Waals surface area contributed by atoms with Gasteiger partial charge in [0.2, 0.25) is 5.62 Å². The Balaban J connectivity index is 1.79. The van der Waals surface area contributed by atoms with Crippen LogP contribution in [0.3, 0.4) is 0 Å². The van der Waals surface area contributed by atoms with Crippen LogP contribution in [0.4, 0.5) is 0 Å². The number of para-hydroxylation sites is 2. The standard InChI is InChI=1S/C28H31N3O/c1-20-8-13-23(14-9-20)18-25(17-12-22(3)32)31-27-7-5-4-6-26(27)30(28(31)29)19-24-15-10-21(2)11-16-24/h4-11,13-16,25,29H,12,17-19H2,1-3H3. The van der Waals surface area contributed by atoms with Crippen molar-refractivity contribution in [2.24, 2.45) is 0 Å². The Kier molecular flexibility index (Phi) is 6.40. The molecule has 3 aromatic carbocycles. The first-order valence-corrected chi connectivity index (χ1v) is 11.3. The summed E-state index contributed by atoms with van der Waals surface area (Å²) in [4.78, 5) is 11.8. The number of Topliss-reactive ketones (excluding diaryl/α,β-unsaturated/α-hetero) is 1. The van der Waals surface area contributed by atoms with Gasteiger partial charge < -0.3 is 13.9 Å². The van der Waals surface area contributed by atoms with Crippen LogP contribution in [0.5, 0.6) is 0 Å². The Morgan fingerprint density at radius 2 is 1.41 bits per heavy atom. The van der Waals surface area contributed by atoms with Gasteiger partial charge in [-0.05, 0) is 56.9 Å². The molecular formula is C28H31N3O. The van der Waals surface area contributed by atoms with E-state index in [9.17, 15) is 4.79 Å². The van der Waals surface area contributed by atoms with Crippen LogP contribution in [0.25, 0.3) is 11.0 Å². The number of nitrogens with zero attached hydrogens (tertiary/aromatic N) is 2. The molecule has 0 amide bonds. The van der Waals surface area contributed by atoms with Crippen LogP contribution in [0, 0.1) is 19.3 Å². The number of aryl methyl sites for hydroxylation is 2. The maximum Gasteiger partial charge on any atom is 0.203 e. The first-order chi connectivity index (χ1) is 15.4. The number of fused-ring (bicyclic) bond motifs is 1. The van der Waals surface area contributed by atoms with E-state index < -0.39 is 0 Å². The lowest BCUT2D eigenvalue weighted by Gasteiger charge is -2.20. The number of hydrogen-bond donors (Lipinski definition) is 1. The summed E-state index contributed by atoms with van der Waals surface area (Å²) in [7, 11) is 0. The molecule has 0 aliphatic rings. The van der Waals surface area contributed by atoms with Gasteiger partial charge in [0.1, 0.15) is 5.78 Å². The van der Waals surface area contributed by atoms with Gasteiger partial charge >= 0.3 is 0 Å². The molecule has 0 radical (unpaired) electrons. The van der Waals surface area contributed by atoms with E-state index in [1.165, 1.54) is 22.3 Å². The minimum Gasteiger partial charge on any atom is -0.307 e. The summed E-state index contributed by atoms with van der Waals surface area (Å²) in [6.07, 6.45) is 2.03. The first kappa shape index (κ1) is 21.8. The second kappa shape index (κ2) is 9.39. The number of imidazole rings is 1. The fraction of sp³-hybridized carbons (Fsp3) is 0.286. The van der Waals surface area contributed by atoms with Crippen molar-refractivity contribution in [2.45, 2.75) is 52.6 Å². The maximum atomic E-state index is 11.8. The fourth-order valence-corrected chi connectivity index (χ4v) is 4.35. The number of hydrogen-bond acceptors (Lipinski definition) is 2. The van der Waals surface area contributed by atoms with E-state index in [4.69, 9.17) is 5.41 Å². The lowest BCUT2D eigenvalue weighted by Crippen LogP contribution is -2.29. The maximum absolute atomic E-state index is 11.8. The summed E-state index contributed by atoms with van der Waals surface area (Å²) in [5.41, 5.74) is 7.45. The summed E-state index contributed by atoms with van der Waals surface area (Å²) in [6, 6.07) is 25.4. The summed E-state index contributed by atoms with van der Waals surface area (Å²) in [5.74, 6) is 0.189. The summed E-state index contributed by atoms with van der Waals surface area (Å²) in [6.45, 7) is 6.47.